The van der Waals surface area contributed by atoms with Gasteiger partial charge in [0.2, 0.25) is 21.8 Å². The molecule has 2 amide bonds. The molecule has 0 aliphatic heterocycles. The summed E-state index contributed by atoms with van der Waals surface area (Å²) < 4.78 is 26.8. The molecule has 43 heavy (non-hydrogen) atoms. The number of hydrogen-bond acceptors (Lipinski definition) is 4. The Morgan fingerprint density at radius 3 is 2.21 bits per heavy atom. The maximum Gasteiger partial charge on any atom is 0.243 e. The number of carbonyl (C=O) groups excluding carboxylic acids is 2. The van der Waals surface area contributed by atoms with Gasteiger partial charge in [0.1, 0.15) is 6.04 Å². The highest BCUT2D eigenvalue weighted by atomic mass is 35.5. The van der Waals surface area contributed by atoms with E-state index in [0.717, 1.165) is 11.8 Å². The van der Waals surface area contributed by atoms with Crippen molar-refractivity contribution in [3.8, 4) is 0 Å². The Hall–Kier alpha value is -2.78. The summed E-state index contributed by atoms with van der Waals surface area (Å²) in [5, 5.41) is 4.17. The quantitative estimate of drug-likeness (QED) is 0.203. The molecule has 0 spiro atoms. The first-order chi connectivity index (χ1) is 20.3. The van der Waals surface area contributed by atoms with Gasteiger partial charge in [-0.1, -0.05) is 91.1 Å². The predicted molar refractivity (Wildman–Crippen MR) is 176 cm³/mol. The summed E-state index contributed by atoms with van der Waals surface area (Å²) in [5.41, 5.74) is 2.71. The highest BCUT2D eigenvalue weighted by Crippen LogP contribution is 2.29. The number of nitrogens with one attached hydrogen (secondary N) is 1. The smallest absolute Gasteiger partial charge is 0.243 e. The largest absolute Gasteiger partial charge is 0.354 e. The average molecular weight is 667 g/mol. The fraction of sp³-hybridized carbons (Fsp3) is 0.375. The first-order valence-electron chi connectivity index (χ1n) is 14.1. The molecule has 0 bridgehead atoms. The SMILES string of the molecule is Cc1c(Cl)cccc1N(CCCC(=O)N(Cc1ccc(Cl)c(Cl)c1)[C@H](Cc1ccccc1)C(=O)NCC(C)C)S(C)(=O)=O. The molecular weight excluding hydrogens is 629 g/mol. The monoisotopic (exact) mass is 665 g/mol. The zero-order valence-electron chi connectivity index (χ0n) is 24.8. The van der Waals surface area contributed by atoms with Gasteiger partial charge in [0.15, 0.2) is 0 Å². The van der Waals surface area contributed by atoms with Crippen LogP contribution in [-0.2, 0) is 32.6 Å². The summed E-state index contributed by atoms with van der Waals surface area (Å²) in [6, 6.07) is 18.9. The Morgan fingerprint density at radius 1 is 0.884 bits per heavy atom. The minimum Gasteiger partial charge on any atom is -0.354 e. The van der Waals surface area contributed by atoms with Gasteiger partial charge in [0, 0.05) is 37.5 Å². The van der Waals surface area contributed by atoms with Crippen molar-refractivity contribution in [3.63, 3.8) is 0 Å². The lowest BCUT2D eigenvalue weighted by Crippen LogP contribution is -2.51. The number of sulfonamides is 1. The van der Waals surface area contributed by atoms with Crippen LogP contribution in [0.15, 0.2) is 66.7 Å². The van der Waals surface area contributed by atoms with Crippen molar-refractivity contribution in [1.82, 2.24) is 10.2 Å². The van der Waals surface area contributed by atoms with Crippen LogP contribution in [0.5, 0.6) is 0 Å². The molecule has 0 heterocycles. The molecule has 3 aromatic rings. The van der Waals surface area contributed by atoms with E-state index in [4.69, 9.17) is 34.8 Å². The molecule has 0 fully saturated rings. The zero-order valence-corrected chi connectivity index (χ0v) is 27.9. The standard InChI is InChI=1S/C32H38Cl3N3O4S/c1-22(2)20-36-32(40)30(19-24-10-6-5-7-11-24)37(21-25-15-16-27(34)28(35)18-25)31(39)14-9-17-38(43(4,41)42)29-13-8-12-26(33)23(29)3/h5-8,10-13,15-16,18,22,30H,9,14,17,19-21H2,1-4H3,(H,36,40)/t30-/m1/s1. The number of anilines is 1. The molecule has 7 nitrogen and oxygen atoms in total. The normalized spacial score (nSPS) is 12.2. The highest BCUT2D eigenvalue weighted by Gasteiger charge is 2.31. The van der Waals surface area contributed by atoms with Crippen molar-refractivity contribution in [2.75, 3.05) is 23.7 Å². The molecule has 0 radical (unpaired) electrons. The summed E-state index contributed by atoms with van der Waals surface area (Å²) in [4.78, 5) is 29.1. The number of carbonyl (C=O) groups is 2. The number of rotatable bonds is 14. The van der Waals surface area contributed by atoms with E-state index in [1.807, 2.05) is 44.2 Å². The molecule has 0 aromatic heterocycles. The van der Waals surface area contributed by atoms with Crippen LogP contribution < -0.4 is 9.62 Å². The number of hydrogen-bond donors (Lipinski definition) is 1. The summed E-state index contributed by atoms with van der Waals surface area (Å²) in [6.07, 6.45) is 1.66. The number of nitrogens with zero attached hydrogens (tertiary/aromatic N) is 2. The van der Waals surface area contributed by atoms with E-state index in [1.54, 1.807) is 48.2 Å². The Bertz CT molecular complexity index is 1520. The number of benzene rings is 3. The molecule has 1 N–H and O–H groups in total. The van der Waals surface area contributed by atoms with Crippen LogP contribution in [0.4, 0.5) is 5.69 Å². The molecule has 232 valence electrons. The summed E-state index contributed by atoms with van der Waals surface area (Å²) in [7, 11) is -3.66. The van der Waals surface area contributed by atoms with Gasteiger partial charge in [-0.25, -0.2) is 8.42 Å². The first-order valence-corrected chi connectivity index (χ1v) is 17.0. The van der Waals surface area contributed by atoms with Crippen LogP contribution in [0.1, 0.15) is 43.4 Å². The van der Waals surface area contributed by atoms with Gasteiger partial charge in [-0.15, -0.1) is 0 Å². The second-order valence-corrected chi connectivity index (χ2v) is 14.1. The molecule has 0 saturated carbocycles. The van der Waals surface area contributed by atoms with Crippen molar-refractivity contribution in [3.05, 3.63) is 98.5 Å². The lowest BCUT2D eigenvalue weighted by Gasteiger charge is -2.32. The zero-order chi connectivity index (χ0) is 31.7. The molecule has 0 saturated heterocycles. The van der Waals surface area contributed by atoms with Gasteiger partial charge in [0.25, 0.3) is 0 Å². The van der Waals surface area contributed by atoms with Crippen LogP contribution in [0.25, 0.3) is 0 Å². The van der Waals surface area contributed by atoms with Crippen LogP contribution in [0.3, 0.4) is 0 Å². The third-order valence-electron chi connectivity index (χ3n) is 6.95. The molecule has 11 heteroatoms. The maximum atomic E-state index is 14.0. The van der Waals surface area contributed by atoms with Crippen molar-refractivity contribution < 1.29 is 18.0 Å². The van der Waals surface area contributed by atoms with Crippen molar-refractivity contribution in [2.24, 2.45) is 5.92 Å². The van der Waals surface area contributed by atoms with E-state index < -0.39 is 16.1 Å². The van der Waals surface area contributed by atoms with Crippen LogP contribution in [-0.4, -0.2) is 50.5 Å². The van der Waals surface area contributed by atoms with Crippen LogP contribution >= 0.6 is 34.8 Å². The van der Waals surface area contributed by atoms with E-state index in [9.17, 15) is 18.0 Å². The average Bonchev–Trinajstić information content (AvgIpc) is 2.95. The topological polar surface area (TPSA) is 86.8 Å². The Labute approximate surface area is 270 Å². The fourth-order valence-corrected chi connectivity index (χ4v) is 6.17. The lowest BCUT2D eigenvalue weighted by atomic mass is 10.0. The van der Waals surface area contributed by atoms with Crippen LogP contribution in [0, 0.1) is 12.8 Å². The Morgan fingerprint density at radius 2 is 1.58 bits per heavy atom. The Balaban J connectivity index is 1.92. The summed E-state index contributed by atoms with van der Waals surface area (Å²) >= 11 is 18.7. The van der Waals surface area contributed by atoms with E-state index in [0.29, 0.717) is 44.8 Å². The van der Waals surface area contributed by atoms with Crippen molar-refractivity contribution >= 4 is 62.3 Å². The predicted octanol–water partition coefficient (Wildman–Crippen LogP) is 6.91. The summed E-state index contributed by atoms with van der Waals surface area (Å²) in [6.45, 7) is 6.40. The minimum absolute atomic E-state index is 0.00963. The molecule has 1 atom stereocenters. The van der Waals surface area contributed by atoms with Gasteiger partial charge in [-0.3, -0.25) is 13.9 Å². The maximum absolute atomic E-state index is 14.0. The Kier molecular flexibility index (Phi) is 12.8. The highest BCUT2D eigenvalue weighted by molar-refractivity contribution is 7.92. The third-order valence-corrected chi connectivity index (χ3v) is 9.28. The van der Waals surface area contributed by atoms with Gasteiger partial charge >= 0.3 is 0 Å². The molecule has 0 aliphatic rings. The number of amides is 2. The molecule has 3 aromatic carbocycles. The lowest BCUT2D eigenvalue weighted by molar-refractivity contribution is -0.141. The third kappa shape index (κ3) is 10.1. The minimum atomic E-state index is -3.66. The molecule has 3 rings (SSSR count). The summed E-state index contributed by atoms with van der Waals surface area (Å²) in [5.74, 6) is -0.335. The fourth-order valence-electron chi connectivity index (χ4n) is 4.66. The van der Waals surface area contributed by atoms with Crippen LogP contribution in [0.2, 0.25) is 15.1 Å². The second-order valence-electron chi connectivity index (χ2n) is 10.9. The van der Waals surface area contributed by atoms with E-state index in [-0.39, 0.29) is 43.7 Å². The van der Waals surface area contributed by atoms with E-state index >= 15 is 0 Å². The first kappa shape index (κ1) is 34.7. The molecule has 0 unspecified atom stereocenters. The van der Waals surface area contributed by atoms with Crippen molar-refractivity contribution in [2.45, 2.75) is 52.6 Å². The van der Waals surface area contributed by atoms with E-state index in [1.165, 1.54) is 4.31 Å². The van der Waals surface area contributed by atoms with Gasteiger partial charge in [0.05, 0.1) is 22.0 Å². The van der Waals surface area contributed by atoms with Gasteiger partial charge < -0.3 is 10.2 Å². The van der Waals surface area contributed by atoms with Gasteiger partial charge in [-0.05, 0) is 60.2 Å². The van der Waals surface area contributed by atoms with Gasteiger partial charge in [-0.2, -0.15) is 0 Å². The molecule has 0 aliphatic carbocycles. The second kappa shape index (κ2) is 15.8. The van der Waals surface area contributed by atoms with E-state index in [2.05, 4.69) is 5.32 Å². The van der Waals surface area contributed by atoms with Crippen molar-refractivity contribution in [1.29, 1.82) is 0 Å². The molecular formula is C32H38Cl3N3O4S. The number of halogens is 3.